The molecule has 1 aromatic rings. The standard InChI is InChI=1S/C13H15N3O3S/c1-19-13(18)10-2-3-12(20-10)16-8-6-15(7-9-16)11(17)4-5-14/h2-3H,4,6-9H2,1H3. The molecule has 7 heteroatoms. The van der Waals surface area contributed by atoms with Crippen molar-refractivity contribution in [3.05, 3.63) is 17.0 Å². The van der Waals surface area contributed by atoms with Crippen LogP contribution in [0.5, 0.6) is 0 Å². The van der Waals surface area contributed by atoms with Crippen LogP contribution < -0.4 is 4.90 Å². The fourth-order valence-electron chi connectivity index (χ4n) is 2.06. The summed E-state index contributed by atoms with van der Waals surface area (Å²) in [5.41, 5.74) is 0. The lowest BCUT2D eigenvalue weighted by molar-refractivity contribution is -0.130. The zero-order valence-electron chi connectivity index (χ0n) is 11.2. The van der Waals surface area contributed by atoms with Gasteiger partial charge in [0.25, 0.3) is 0 Å². The molecule has 0 saturated carbocycles. The van der Waals surface area contributed by atoms with Crippen molar-refractivity contribution >= 4 is 28.2 Å². The molecule has 0 spiro atoms. The molecule has 0 aromatic carbocycles. The van der Waals surface area contributed by atoms with Crippen molar-refractivity contribution < 1.29 is 14.3 Å². The summed E-state index contributed by atoms with van der Waals surface area (Å²) in [6, 6.07) is 5.52. The van der Waals surface area contributed by atoms with Crippen LogP contribution in [0.1, 0.15) is 16.1 Å². The van der Waals surface area contributed by atoms with Crippen LogP contribution in [0.25, 0.3) is 0 Å². The van der Waals surface area contributed by atoms with E-state index in [1.807, 2.05) is 12.1 Å². The fraction of sp³-hybridized carbons (Fsp3) is 0.462. The monoisotopic (exact) mass is 293 g/mol. The summed E-state index contributed by atoms with van der Waals surface area (Å²) >= 11 is 1.39. The Morgan fingerprint density at radius 3 is 2.65 bits per heavy atom. The van der Waals surface area contributed by atoms with E-state index in [9.17, 15) is 9.59 Å². The number of thiophene rings is 1. The van der Waals surface area contributed by atoms with E-state index in [1.54, 1.807) is 11.0 Å². The minimum atomic E-state index is -0.330. The Kier molecular flexibility index (Phi) is 4.58. The van der Waals surface area contributed by atoms with E-state index in [4.69, 9.17) is 5.26 Å². The molecule has 1 saturated heterocycles. The van der Waals surface area contributed by atoms with Gasteiger partial charge in [0, 0.05) is 26.2 Å². The fourth-order valence-corrected chi connectivity index (χ4v) is 3.04. The molecule has 106 valence electrons. The van der Waals surface area contributed by atoms with Crippen LogP contribution in [-0.4, -0.2) is 50.1 Å². The third kappa shape index (κ3) is 3.08. The van der Waals surface area contributed by atoms with Gasteiger partial charge in [0.05, 0.1) is 18.2 Å². The number of piperazine rings is 1. The average molecular weight is 293 g/mol. The highest BCUT2D eigenvalue weighted by atomic mass is 32.1. The van der Waals surface area contributed by atoms with Crippen LogP contribution in [-0.2, 0) is 9.53 Å². The van der Waals surface area contributed by atoms with Gasteiger partial charge in [0.1, 0.15) is 11.3 Å². The molecule has 1 fully saturated rings. The van der Waals surface area contributed by atoms with Gasteiger partial charge in [-0.2, -0.15) is 5.26 Å². The van der Waals surface area contributed by atoms with Gasteiger partial charge in [-0.3, -0.25) is 4.79 Å². The maximum Gasteiger partial charge on any atom is 0.348 e. The van der Waals surface area contributed by atoms with E-state index in [-0.39, 0.29) is 18.3 Å². The summed E-state index contributed by atoms with van der Waals surface area (Å²) < 4.78 is 4.68. The van der Waals surface area contributed by atoms with Crippen molar-refractivity contribution in [1.82, 2.24) is 4.90 Å². The number of methoxy groups -OCH3 is 1. The molecule has 20 heavy (non-hydrogen) atoms. The Morgan fingerprint density at radius 2 is 2.05 bits per heavy atom. The maximum atomic E-state index is 11.6. The highest BCUT2D eigenvalue weighted by Gasteiger charge is 2.22. The number of anilines is 1. The van der Waals surface area contributed by atoms with Gasteiger partial charge in [-0.1, -0.05) is 0 Å². The second kappa shape index (κ2) is 6.39. The van der Waals surface area contributed by atoms with Crippen LogP contribution >= 0.6 is 11.3 Å². The third-order valence-electron chi connectivity index (χ3n) is 3.15. The summed E-state index contributed by atoms with van der Waals surface area (Å²) in [4.78, 5) is 27.4. The minimum absolute atomic E-state index is 0.0640. The molecule has 1 aliphatic rings. The van der Waals surface area contributed by atoms with E-state index in [2.05, 4.69) is 9.64 Å². The number of nitrogens with zero attached hydrogens (tertiary/aromatic N) is 3. The van der Waals surface area contributed by atoms with Gasteiger partial charge in [0.2, 0.25) is 5.91 Å². The zero-order valence-corrected chi connectivity index (χ0v) is 12.0. The number of ether oxygens (including phenoxy) is 1. The number of esters is 1. The molecule has 0 aliphatic carbocycles. The molecular weight excluding hydrogens is 278 g/mol. The third-order valence-corrected chi connectivity index (χ3v) is 4.28. The van der Waals surface area contributed by atoms with Crippen molar-refractivity contribution in [3.8, 4) is 6.07 Å². The van der Waals surface area contributed by atoms with Gasteiger partial charge >= 0.3 is 5.97 Å². The first-order valence-electron chi connectivity index (χ1n) is 6.23. The van der Waals surface area contributed by atoms with Gasteiger partial charge in [-0.15, -0.1) is 11.3 Å². The Labute approximate surface area is 121 Å². The lowest BCUT2D eigenvalue weighted by Crippen LogP contribution is -2.48. The van der Waals surface area contributed by atoms with Gasteiger partial charge in [-0.05, 0) is 12.1 Å². The predicted octanol–water partition coefficient (Wildman–Crippen LogP) is 1.10. The zero-order chi connectivity index (χ0) is 14.5. The Balaban J connectivity index is 1.94. The minimum Gasteiger partial charge on any atom is -0.465 e. The Morgan fingerprint density at radius 1 is 1.35 bits per heavy atom. The van der Waals surface area contributed by atoms with E-state index in [0.29, 0.717) is 31.1 Å². The molecule has 2 heterocycles. The first kappa shape index (κ1) is 14.3. The number of carbonyl (C=O) groups excluding carboxylic acids is 2. The van der Waals surface area contributed by atoms with Crippen molar-refractivity contribution in [2.45, 2.75) is 6.42 Å². The summed E-state index contributed by atoms with van der Waals surface area (Å²) in [5.74, 6) is -0.447. The molecule has 1 aromatic heterocycles. The first-order chi connectivity index (χ1) is 9.65. The Bertz CT molecular complexity index is 541. The van der Waals surface area contributed by atoms with Gasteiger partial charge < -0.3 is 14.5 Å². The van der Waals surface area contributed by atoms with Crippen LogP contribution in [0, 0.1) is 11.3 Å². The number of nitriles is 1. The van der Waals surface area contributed by atoms with E-state index in [0.717, 1.165) is 5.00 Å². The summed E-state index contributed by atoms with van der Waals surface area (Å²) in [6.45, 7) is 2.62. The summed E-state index contributed by atoms with van der Waals surface area (Å²) in [5, 5.41) is 9.52. The molecule has 0 N–H and O–H groups in total. The first-order valence-corrected chi connectivity index (χ1v) is 7.05. The number of hydrogen-bond acceptors (Lipinski definition) is 6. The lowest BCUT2D eigenvalue weighted by atomic mass is 10.3. The molecular formula is C13H15N3O3S. The van der Waals surface area contributed by atoms with Gasteiger partial charge in [0.15, 0.2) is 0 Å². The maximum absolute atomic E-state index is 11.6. The SMILES string of the molecule is COC(=O)c1ccc(N2CCN(C(=O)CC#N)CC2)s1. The summed E-state index contributed by atoms with van der Waals surface area (Å²) in [6.07, 6.45) is -0.0640. The molecule has 1 aliphatic heterocycles. The number of carbonyl (C=O) groups is 2. The number of amides is 1. The smallest absolute Gasteiger partial charge is 0.348 e. The van der Waals surface area contributed by atoms with Crippen LogP contribution in [0.2, 0.25) is 0 Å². The lowest BCUT2D eigenvalue weighted by Gasteiger charge is -2.34. The molecule has 6 nitrogen and oxygen atoms in total. The summed E-state index contributed by atoms with van der Waals surface area (Å²) in [7, 11) is 1.36. The number of rotatable bonds is 3. The quantitative estimate of drug-likeness (QED) is 0.780. The molecule has 0 radical (unpaired) electrons. The van der Waals surface area contributed by atoms with Crippen molar-refractivity contribution in [2.24, 2.45) is 0 Å². The van der Waals surface area contributed by atoms with E-state index < -0.39 is 0 Å². The van der Waals surface area contributed by atoms with E-state index in [1.165, 1.54) is 18.4 Å². The number of hydrogen-bond donors (Lipinski definition) is 0. The molecule has 0 atom stereocenters. The predicted molar refractivity (Wildman–Crippen MR) is 74.7 cm³/mol. The molecule has 2 rings (SSSR count). The van der Waals surface area contributed by atoms with E-state index >= 15 is 0 Å². The van der Waals surface area contributed by atoms with Crippen molar-refractivity contribution in [1.29, 1.82) is 5.26 Å². The topological polar surface area (TPSA) is 73.6 Å². The van der Waals surface area contributed by atoms with Crippen molar-refractivity contribution in [2.75, 3.05) is 38.2 Å². The second-order valence-electron chi connectivity index (χ2n) is 4.33. The molecule has 0 unspecified atom stereocenters. The van der Waals surface area contributed by atoms with Crippen LogP contribution in [0.15, 0.2) is 12.1 Å². The van der Waals surface area contributed by atoms with Gasteiger partial charge in [-0.25, -0.2) is 4.79 Å². The normalized spacial score (nSPS) is 14.8. The Hall–Kier alpha value is -2.07. The highest BCUT2D eigenvalue weighted by molar-refractivity contribution is 7.17. The molecule has 0 bridgehead atoms. The second-order valence-corrected chi connectivity index (χ2v) is 5.39. The van der Waals surface area contributed by atoms with Crippen LogP contribution in [0.3, 0.4) is 0 Å². The highest BCUT2D eigenvalue weighted by Crippen LogP contribution is 2.27. The van der Waals surface area contributed by atoms with Crippen molar-refractivity contribution in [3.63, 3.8) is 0 Å². The largest absolute Gasteiger partial charge is 0.465 e. The average Bonchev–Trinajstić information content (AvgIpc) is 2.96. The molecule has 1 amide bonds. The van der Waals surface area contributed by atoms with Crippen LogP contribution in [0.4, 0.5) is 5.00 Å².